The van der Waals surface area contributed by atoms with E-state index in [1.54, 1.807) is 25.1 Å². The van der Waals surface area contributed by atoms with Crippen LogP contribution >= 0.6 is 7.82 Å². The highest BCUT2D eigenvalue weighted by Crippen LogP contribution is 2.56. The first kappa shape index (κ1) is 20.6. The first-order valence-corrected chi connectivity index (χ1v) is 10.6. The lowest BCUT2D eigenvalue weighted by Gasteiger charge is -2.29. The summed E-state index contributed by atoms with van der Waals surface area (Å²) in [6.45, 7) is 1.60. The van der Waals surface area contributed by atoms with Crippen LogP contribution in [0.5, 0.6) is 5.75 Å². The molecule has 1 aromatic carbocycles. The van der Waals surface area contributed by atoms with Crippen LogP contribution in [0.25, 0.3) is 0 Å². The second-order valence-corrected chi connectivity index (χ2v) is 8.80. The van der Waals surface area contributed by atoms with Crippen molar-refractivity contribution in [3.8, 4) is 5.75 Å². The maximum absolute atomic E-state index is 15.5. The average Bonchev–Trinajstić information content (AvgIpc) is 2.91. The number of alkyl halides is 1. The Labute approximate surface area is 176 Å². The van der Waals surface area contributed by atoms with E-state index in [9.17, 15) is 24.4 Å². The molecule has 1 fully saturated rings. The largest absolute Gasteiger partial charge is 0.530 e. The van der Waals surface area contributed by atoms with Crippen molar-refractivity contribution in [1.29, 1.82) is 0 Å². The summed E-state index contributed by atoms with van der Waals surface area (Å²) < 4.78 is 57.3. The number of nitrogens with zero attached hydrogens (tertiary/aromatic N) is 1. The smallest absolute Gasteiger partial charge is 0.403 e. The number of phosphoric acid groups is 1. The molecule has 1 saturated heterocycles. The Morgan fingerprint density at radius 2 is 2.13 bits per heavy atom. The van der Waals surface area contributed by atoms with Gasteiger partial charge in [-0.25, -0.2) is 13.8 Å². The van der Waals surface area contributed by atoms with Gasteiger partial charge in [0.25, 0.3) is 11.4 Å². The van der Waals surface area contributed by atoms with Gasteiger partial charge in [0, 0.05) is 17.3 Å². The van der Waals surface area contributed by atoms with Crippen molar-refractivity contribution < 1.29 is 38.8 Å². The Morgan fingerprint density at radius 1 is 1.39 bits per heavy atom. The number of aryl methyl sites for hydroxylation is 2. The predicted octanol–water partition coefficient (Wildman–Crippen LogP) is 0.804. The summed E-state index contributed by atoms with van der Waals surface area (Å²) in [4.78, 5) is 25.6. The highest BCUT2D eigenvalue weighted by Gasteiger charge is 2.57. The molecule has 0 saturated carbocycles. The number of halogens is 1. The fourth-order valence-corrected chi connectivity index (χ4v) is 4.47. The van der Waals surface area contributed by atoms with Crippen LogP contribution < -0.4 is 15.8 Å². The van der Waals surface area contributed by atoms with Crippen molar-refractivity contribution in [1.82, 2.24) is 9.55 Å². The number of benzene rings is 1. The Kier molecular flexibility index (Phi) is 5.08. The molecule has 2 aliphatic heterocycles. The molecule has 1 unspecified atom stereocenters. The van der Waals surface area contributed by atoms with Crippen molar-refractivity contribution in [3.05, 3.63) is 61.9 Å². The van der Waals surface area contributed by atoms with Crippen LogP contribution in [0.2, 0.25) is 0 Å². The maximum Gasteiger partial charge on any atom is 0.530 e. The van der Waals surface area contributed by atoms with E-state index in [1.807, 2.05) is 4.98 Å². The average molecular weight is 459 g/mol. The SMILES string of the molecule is [2H][C@@]1(n2cc(C)c(=O)[nH]c2=O)O[C@](F)(COP2(=O)OCc3cccc(C)c3O2)[C@@H](O)[C@H]1O. The molecule has 31 heavy (non-hydrogen) atoms. The van der Waals surface area contributed by atoms with Crippen LogP contribution in [0.4, 0.5) is 4.39 Å². The van der Waals surface area contributed by atoms with Gasteiger partial charge in [-0.1, -0.05) is 18.2 Å². The molecule has 0 bridgehead atoms. The molecule has 0 spiro atoms. The normalized spacial score (nSPS) is 35.3. The zero-order chi connectivity index (χ0) is 23.5. The summed E-state index contributed by atoms with van der Waals surface area (Å²) in [5.74, 6) is -3.03. The van der Waals surface area contributed by atoms with E-state index in [1.165, 1.54) is 6.92 Å². The van der Waals surface area contributed by atoms with Crippen LogP contribution in [-0.2, 0) is 25.0 Å². The van der Waals surface area contributed by atoms with Crippen LogP contribution in [-0.4, -0.2) is 44.4 Å². The molecule has 1 aromatic heterocycles. The van der Waals surface area contributed by atoms with Gasteiger partial charge in [0.1, 0.15) is 24.6 Å². The number of phosphoric ester groups is 1. The lowest BCUT2D eigenvalue weighted by Crippen LogP contribution is -2.43. The number of fused-ring (bicyclic) bond motifs is 1. The van der Waals surface area contributed by atoms with Crippen molar-refractivity contribution in [2.24, 2.45) is 0 Å². The molecular formula is C18H20FN2O9P. The Bertz CT molecular complexity index is 1240. The molecule has 3 heterocycles. The van der Waals surface area contributed by atoms with E-state index in [4.69, 9.17) is 19.7 Å². The van der Waals surface area contributed by atoms with Gasteiger partial charge in [-0.3, -0.25) is 23.4 Å². The molecule has 168 valence electrons. The fourth-order valence-electron chi connectivity index (χ4n) is 3.18. The van der Waals surface area contributed by atoms with Gasteiger partial charge in [0.2, 0.25) is 0 Å². The number of aromatic nitrogens is 2. The van der Waals surface area contributed by atoms with E-state index in [0.29, 0.717) is 15.7 Å². The third kappa shape index (κ3) is 3.86. The first-order chi connectivity index (χ1) is 14.9. The van der Waals surface area contributed by atoms with E-state index in [-0.39, 0.29) is 17.9 Å². The Hall–Kier alpha value is -2.34. The molecule has 4 rings (SSSR count). The van der Waals surface area contributed by atoms with Crippen LogP contribution in [0.1, 0.15) is 24.3 Å². The van der Waals surface area contributed by atoms with Gasteiger partial charge >= 0.3 is 13.5 Å². The topological polar surface area (TPSA) is 149 Å². The molecule has 11 nitrogen and oxygen atoms in total. The zero-order valence-corrected chi connectivity index (χ0v) is 17.3. The number of H-pyrrole nitrogens is 1. The summed E-state index contributed by atoms with van der Waals surface area (Å²) in [7, 11) is -4.34. The van der Waals surface area contributed by atoms with Crippen LogP contribution in [0, 0.1) is 13.8 Å². The van der Waals surface area contributed by atoms with E-state index in [0.717, 1.165) is 6.20 Å². The molecule has 3 N–H and O–H groups in total. The lowest BCUT2D eigenvalue weighted by molar-refractivity contribution is -0.205. The van der Waals surface area contributed by atoms with Gasteiger partial charge in [-0.05, 0) is 19.4 Å². The number of aromatic amines is 1. The monoisotopic (exact) mass is 459 g/mol. The quantitative estimate of drug-likeness (QED) is 0.565. The van der Waals surface area contributed by atoms with E-state index in [2.05, 4.69) is 0 Å². The van der Waals surface area contributed by atoms with Crippen LogP contribution in [0.3, 0.4) is 0 Å². The minimum absolute atomic E-state index is 0.0309. The predicted molar refractivity (Wildman–Crippen MR) is 102 cm³/mol. The molecule has 13 heteroatoms. The highest BCUT2D eigenvalue weighted by atomic mass is 31.2. The molecule has 2 aliphatic rings. The van der Waals surface area contributed by atoms with Gasteiger partial charge in [0.05, 0.1) is 7.98 Å². The minimum Gasteiger partial charge on any atom is -0.403 e. The van der Waals surface area contributed by atoms with Gasteiger partial charge in [0.15, 0.2) is 6.20 Å². The van der Waals surface area contributed by atoms with Gasteiger partial charge in [-0.2, -0.15) is 0 Å². The maximum atomic E-state index is 15.5. The molecule has 0 amide bonds. The van der Waals surface area contributed by atoms with Crippen molar-refractivity contribution in [2.75, 3.05) is 6.61 Å². The number of ether oxygens (including phenoxy) is 1. The number of para-hydroxylation sites is 1. The highest BCUT2D eigenvalue weighted by molar-refractivity contribution is 7.49. The number of hydrogen-bond donors (Lipinski definition) is 3. The van der Waals surface area contributed by atoms with Crippen molar-refractivity contribution >= 4 is 7.82 Å². The molecule has 0 radical (unpaired) electrons. The number of aliphatic hydroxyl groups excluding tert-OH is 2. The van der Waals surface area contributed by atoms with Crippen LogP contribution in [0.15, 0.2) is 34.0 Å². The molecule has 0 aliphatic carbocycles. The zero-order valence-electron chi connectivity index (χ0n) is 17.4. The molecular weight excluding hydrogens is 438 g/mol. The number of hydrogen-bond acceptors (Lipinski definition) is 9. The number of aliphatic hydroxyl groups is 2. The fraction of sp³-hybridized carbons (Fsp3) is 0.444. The molecule has 2 aromatic rings. The van der Waals surface area contributed by atoms with Gasteiger partial charge in [-0.15, -0.1) is 0 Å². The molecule has 5 atom stereocenters. The van der Waals surface area contributed by atoms with Crippen molar-refractivity contribution in [2.45, 2.75) is 44.7 Å². The van der Waals surface area contributed by atoms with E-state index < -0.39 is 49.9 Å². The minimum atomic E-state index is -4.34. The van der Waals surface area contributed by atoms with E-state index >= 15 is 4.39 Å². The number of nitrogens with one attached hydrogen (secondary N) is 1. The summed E-state index contributed by atoms with van der Waals surface area (Å²) in [5.41, 5.74) is -0.726. The lowest BCUT2D eigenvalue weighted by atomic mass is 10.1. The summed E-state index contributed by atoms with van der Waals surface area (Å²) in [5, 5.41) is 20.6. The summed E-state index contributed by atoms with van der Waals surface area (Å²) in [6.07, 6.45) is -6.65. The Balaban J connectivity index is 1.58. The first-order valence-electron chi connectivity index (χ1n) is 9.64. The Morgan fingerprint density at radius 3 is 2.87 bits per heavy atom. The third-order valence-corrected chi connectivity index (χ3v) is 6.22. The number of rotatable bonds is 4. The second kappa shape index (κ2) is 7.66. The van der Waals surface area contributed by atoms with Crippen molar-refractivity contribution in [3.63, 3.8) is 0 Å². The summed E-state index contributed by atoms with van der Waals surface area (Å²) >= 11 is 0. The third-order valence-electron chi connectivity index (χ3n) is 4.92. The summed E-state index contributed by atoms with van der Waals surface area (Å²) in [6, 6.07) is 5.12. The standard InChI is InChI=1S/C18H20FN2O9P/c1-9-4-3-5-11-7-27-31(26,30-13(9)11)28-8-18(19)14(23)12(22)16(29-18)21-6-10(2)15(24)20-17(21)25/h3-6,12,14,16,22-23H,7-8H2,1-2H3,(H,20,24,25)/t12-,14+,16-,18-,31?/m1/s1/i16D. The second-order valence-electron chi connectivity index (χ2n) is 7.21. The van der Waals surface area contributed by atoms with Gasteiger partial charge < -0.3 is 19.5 Å².